The minimum atomic E-state index is -1.06. The van der Waals surface area contributed by atoms with Crippen LogP contribution in [0, 0.1) is 5.92 Å². The number of aliphatic carboxylic acids is 1. The van der Waals surface area contributed by atoms with Gasteiger partial charge in [-0.1, -0.05) is 18.6 Å². The molecule has 6 heteroatoms. The number of carbonyl (C=O) groups is 3. The summed E-state index contributed by atoms with van der Waals surface area (Å²) in [6.07, 6.45) is 3.29. The van der Waals surface area contributed by atoms with E-state index < -0.39 is 17.9 Å². The van der Waals surface area contributed by atoms with Gasteiger partial charge in [0.05, 0.1) is 5.56 Å². The first-order valence-corrected chi connectivity index (χ1v) is 7.14. The molecule has 0 fully saturated rings. The summed E-state index contributed by atoms with van der Waals surface area (Å²) in [4.78, 5) is 38.3. The molecule has 0 N–H and O–H groups in total. The average molecular weight is 302 g/mol. The van der Waals surface area contributed by atoms with Gasteiger partial charge in [0.25, 0.3) is 0 Å². The van der Waals surface area contributed by atoms with Gasteiger partial charge in [-0.3, -0.25) is 14.6 Å². The number of hydrogen-bond acceptors (Lipinski definition) is 6. The molecule has 0 aromatic heterocycles. The van der Waals surface area contributed by atoms with E-state index in [1.54, 1.807) is 24.3 Å². The Morgan fingerprint density at radius 1 is 1.23 bits per heavy atom. The molecule has 2 rings (SSSR count). The summed E-state index contributed by atoms with van der Waals surface area (Å²) in [5.41, 5.74) is 0.382. The summed E-state index contributed by atoms with van der Waals surface area (Å²) in [5, 5.41) is 10.2. The van der Waals surface area contributed by atoms with Crippen LogP contribution in [0.25, 0.3) is 0 Å². The largest absolute Gasteiger partial charge is 0.550 e. The number of nitrogens with zero attached hydrogens (tertiary/aromatic N) is 1. The molecule has 0 bridgehead atoms. The van der Waals surface area contributed by atoms with Crippen LogP contribution < -0.4 is 9.84 Å². The van der Waals surface area contributed by atoms with Crippen LogP contribution in [0.4, 0.5) is 0 Å². The van der Waals surface area contributed by atoms with E-state index in [0.717, 1.165) is 0 Å². The van der Waals surface area contributed by atoms with E-state index in [2.05, 4.69) is 4.99 Å². The molecule has 0 spiro atoms. The number of esters is 1. The number of carboxylic acid groups (broad SMARTS) is 1. The number of fused-ring (bicyclic) bond motifs is 1. The van der Waals surface area contributed by atoms with Crippen molar-refractivity contribution >= 4 is 23.9 Å². The molecule has 0 saturated carbocycles. The van der Waals surface area contributed by atoms with Gasteiger partial charge in [-0.2, -0.15) is 0 Å². The predicted octanol–water partition coefficient (Wildman–Crippen LogP) is 0.786. The lowest BCUT2D eigenvalue weighted by molar-refractivity contribution is -0.305. The molecule has 1 aliphatic heterocycles. The molecule has 1 aromatic rings. The maximum atomic E-state index is 12.2. The molecule has 0 aliphatic carbocycles. The number of aliphatic imine (C=N–C) groups is 1. The van der Waals surface area contributed by atoms with Gasteiger partial charge in [0.15, 0.2) is 11.7 Å². The molecule has 116 valence electrons. The lowest BCUT2D eigenvalue weighted by atomic mass is 9.95. The quantitative estimate of drug-likeness (QED) is 0.244. The van der Waals surface area contributed by atoms with Crippen molar-refractivity contribution in [2.24, 2.45) is 10.9 Å². The van der Waals surface area contributed by atoms with E-state index >= 15 is 0 Å². The Balaban J connectivity index is 1.85. The molecule has 0 amide bonds. The summed E-state index contributed by atoms with van der Waals surface area (Å²) in [6.45, 7) is 0.436. The number of unbranched alkanes of at least 4 members (excludes halogenated alkanes) is 2. The first-order valence-electron chi connectivity index (χ1n) is 7.14. The second-order valence-electron chi connectivity index (χ2n) is 5.00. The molecule has 0 unspecified atom stereocenters. The molecule has 0 saturated heterocycles. The number of hydrogen-bond donors (Lipinski definition) is 0. The third kappa shape index (κ3) is 4.00. The molecule has 1 aliphatic rings. The van der Waals surface area contributed by atoms with E-state index in [0.29, 0.717) is 31.4 Å². The van der Waals surface area contributed by atoms with Crippen molar-refractivity contribution in [3.63, 3.8) is 0 Å². The van der Waals surface area contributed by atoms with Crippen LogP contribution in [-0.2, 0) is 9.59 Å². The summed E-state index contributed by atoms with van der Waals surface area (Å²) in [7, 11) is 0. The van der Waals surface area contributed by atoms with Gasteiger partial charge in [0.2, 0.25) is 0 Å². The Morgan fingerprint density at radius 3 is 2.77 bits per heavy atom. The normalized spacial score (nSPS) is 17.4. The third-order valence-corrected chi connectivity index (χ3v) is 3.32. The van der Waals surface area contributed by atoms with Crippen LogP contribution in [0.2, 0.25) is 0 Å². The summed E-state index contributed by atoms with van der Waals surface area (Å²) >= 11 is 0. The Bertz CT molecular complexity index is 608. The number of carboxylic acids is 1. The first kappa shape index (κ1) is 15.9. The second kappa shape index (κ2) is 7.49. The second-order valence-corrected chi connectivity index (χ2v) is 5.00. The van der Waals surface area contributed by atoms with Gasteiger partial charge in [0, 0.05) is 18.7 Å². The van der Waals surface area contributed by atoms with E-state index in [9.17, 15) is 19.5 Å². The van der Waals surface area contributed by atoms with Crippen molar-refractivity contribution < 1.29 is 24.2 Å². The first-order chi connectivity index (χ1) is 10.6. The summed E-state index contributed by atoms with van der Waals surface area (Å²) < 4.78 is 5.11. The van der Waals surface area contributed by atoms with Crippen LogP contribution in [0.15, 0.2) is 29.3 Å². The van der Waals surface area contributed by atoms with E-state index in [4.69, 9.17) is 4.74 Å². The third-order valence-electron chi connectivity index (χ3n) is 3.32. The Morgan fingerprint density at radius 2 is 2.00 bits per heavy atom. The number of rotatable bonds is 7. The number of Topliss-reactive ketones (excluding diaryl/α,β-unsaturated/α-hetero) is 1. The lowest BCUT2D eigenvalue weighted by Gasteiger charge is -2.19. The van der Waals surface area contributed by atoms with Crippen LogP contribution in [0.1, 0.15) is 36.0 Å². The van der Waals surface area contributed by atoms with E-state index in [1.165, 1.54) is 6.21 Å². The topological polar surface area (TPSA) is 95.9 Å². The minimum absolute atomic E-state index is 0.0356. The van der Waals surface area contributed by atoms with Gasteiger partial charge in [-0.15, -0.1) is 0 Å². The van der Waals surface area contributed by atoms with Gasteiger partial charge in [0.1, 0.15) is 5.75 Å². The van der Waals surface area contributed by atoms with Gasteiger partial charge < -0.3 is 14.6 Å². The lowest BCUT2D eigenvalue weighted by Crippen LogP contribution is -2.34. The van der Waals surface area contributed by atoms with Crippen LogP contribution >= 0.6 is 0 Å². The SMILES string of the molecule is O=C([O-])CCCCCN=C[C@H]1C(=O)Oc2ccccc2C1=O. The van der Waals surface area contributed by atoms with Crippen LogP contribution in [0.5, 0.6) is 5.75 Å². The molecular weight excluding hydrogens is 286 g/mol. The Kier molecular flexibility index (Phi) is 5.41. The average Bonchev–Trinajstić information content (AvgIpc) is 2.49. The fourth-order valence-corrected chi connectivity index (χ4v) is 2.16. The standard InChI is InChI=1S/C16H17NO5/c18-14(19)8-2-1-5-9-17-10-12-15(20)11-6-3-4-7-13(11)22-16(12)21/h3-4,6-7,10,12H,1-2,5,8-9H2,(H,18,19)/p-1/t12-/m1/s1. The zero-order valence-electron chi connectivity index (χ0n) is 12.0. The number of ketones is 1. The van der Waals surface area contributed by atoms with Crippen molar-refractivity contribution in [3.05, 3.63) is 29.8 Å². The molecule has 22 heavy (non-hydrogen) atoms. The Hall–Kier alpha value is -2.50. The maximum absolute atomic E-state index is 12.2. The maximum Gasteiger partial charge on any atom is 0.327 e. The molecule has 1 atom stereocenters. The fourth-order valence-electron chi connectivity index (χ4n) is 2.16. The Labute approximate surface area is 127 Å². The minimum Gasteiger partial charge on any atom is -0.550 e. The van der Waals surface area contributed by atoms with Crippen molar-refractivity contribution in [3.8, 4) is 5.75 Å². The molecule has 0 radical (unpaired) electrons. The predicted molar refractivity (Wildman–Crippen MR) is 76.7 cm³/mol. The van der Waals surface area contributed by atoms with Gasteiger partial charge >= 0.3 is 5.97 Å². The fraction of sp³-hybridized carbons (Fsp3) is 0.375. The monoisotopic (exact) mass is 302 g/mol. The number of ether oxygens (including phenoxy) is 1. The zero-order chi connectivity index (χ0) is 15.9. The van der Waals surface area contributed by atoms with Gasteiger partial charge in [-0.25, -0.2) is 0 Å². The van der Waals surface area contributed by atoms with Crippen LogP contribution in [0.3, 0.4) is 0 Å². The van der Waals surface area contributed by atoms with Crippen LogP contribution in [-0.4, -0.2) is 30.5 Å². The number of para-hydroxylation sites is 1. The number of carbonyl (C=O) groups excluding carboxylic acids is 3. The zero-order valence-corrected chi connectivity index (χ0v) is 12.0. The number of benzene rings is 1. The summed E-state index contributed by atoms with van der Waals surface area (Å²) in [6, 6.07) is 6.60. The summed E-state index contributed by atoms with van der Waals surface area (Å²) in [5.74, 6) is -2.71. The van der Waals surface area contributed by atoms with Crippen molar-refractivity contribution in [1.82, 2.24) is 0 Å². The van der Waals surface area contributed by atoms with Crippen molar-refractivity contribution in [2.45, 2.75) is 25.7 Å². The highest BCUT2D eigenvalue weighted by molar-refractivity contribution is 6.21. The highest BCUT2D eigenvalue weighted by Gasteiger charge is 2.34. The molecule has 1 aromatic carbocycles. The molecule has 1 heterocycles. The highest BCUT2D eigenvalue weighted by Crippen LogP contribution is 2.26. The molecular formula is C16H16NO5-. The van der Waals surface area contributed by atoms with E-state index in [-0.39, 0.29) is 18.0 Å². The highest BCUT2D eigenvalue weighted by atomic mass is 16.5. The van der Waals surface area contributed by atoms with Crippen molar-refractivity contribution in [1.29, 1.82) is 0 Å². The molecule has 6 nitrogen and oxygen atoms in total. The smallest absolute Gasteiger partial charge is 0.327 e. The van der Waals surface area contributed by atoms with Crippen molar-refractivity contribution in [2.75, 3.05) is 6.54 Å². The van der Waals surface area contributed by atoms with E-state index in [1.807, 2.05) is 0 Å². The van der Waals surface area contributed by atoms with Gasteiger partial charge in [-0.05, 0) is 31.4 Å².